The fourth-order valence-corrected chi connectivity index (χ4v) is 1.96. The van der Waals surface area contributed by atoms with Crippen LogP contribution >= 0.6 is 11.8 Å². The number of carbonyl (C=O) groups is 2. The Kier molecular flexibility index (Phi) is 27.7. The van der Waals surface area contributed by atoms with E-state index in [1.807, 2.05) is 13.8 Å². The highest BCUT2D eigenvalue weighted by Crippen LogP contribution is 1.90. The minimum absolute atomic E-state index is 0.0832. The number of hydrogen-bond acceptors (Lipinski definition) is 8. The summed E-state index contributed by atoms with van der Waals surface area (Å²) in [5.41, 5.74) is 0. The zero-order valence-electron chi connectivity index (χ0n) is 18.0. The first kappa shape index (κ1) is 29.5. The van der Waals surface area contributed by atoms with E-state index in [1.54, 1.807) is 11.8 Å². The third-order valence-corrected chi connectivity index (χ3v) is 3.47. The number of ketones is 1. The number of hydrogen-bond donors (Lipinski definition) is 1. The Morgan fingerprint density at radius 2 is 1.11 bits per heavy atom. The Morgan fingerprint density at radius 3 is 1.50 bits per heavy atom. The molecular weight excluding hydrogens is 386 g/mol. The van der Waals surface area contributed by atoms with Gasteiger partial charge in [-0.3, -0.25) is 9.59 Å². The highest BCUT2D eigenvalue weighted by atomic mass is 32.2. The summed E-state index contributed by atoms with van der Waals surface area (Å²) in [6.07, 6.45) is 1.97. The number of thioether (sulfide) groups is 1. The van der Waals surface area contributed by atoms with E-state index in [0.717, 1.165) is 12.4 Å². The van der Waals surface area contributed by atoms with Crippen molar-refractivity contribution in [2.45, 2.75) is 27.2 Å². The molecule has 0 rings (SSSR count). The topological polar surface area (TPSA) is 92.3 Å². The van der Waals surface area contributed by atoms with Crippen molar-refractivity contribution in [1.29, 1.82) is 0 Å². The highest BCUT2D eigenvalue weighted by Gasteiger charge is 2.03. The van der Waals surface area contributed by atoms with E-state index in [2.05, 4.69) is 11.6 Å². The Bertz CT molecular complexity index is 346. The van der Waals surface area contributed by atoms with Gasteiger partial charge < -0.3 is 29.0 Å². The van der Waals surface area contributed by atoms with Gasteiger partial charge in [-0.1, -0.05) is 13.8 Å². The summed E-state index contributed by atoms with van der Waals surface area (Å²) in [5, 5.41) is 2.60. The van der Waals surface area contributed by atoms with Crippen LogP contribution in [0.1, 0.15) is 27.2 Å². The molecule has 0 aliphatic heterocycles. The summed E-state index contributed by atoms with van der Waals surface area (Å²) in [6, 6.07) is 0. The van der Waals surface area contributed by atoms with E-state index in [4.69, 9.17) is 23.7 Å². The molecule has 9 heteroatoms. The number of rotatable bonds is 20. The van der Waals surface area contributed by atoms with Crippen LogP contribution in [0, 0.1) is 0 Å². The van der Waals surface area contributed by atoms with Crippen LogP contribution in [-0.2, 0) is 33.3 Å². The maximum absolute atomic E-state index is 11.2. The molecule has 0 aromatic carbocycles. The van der Waals surface area contributed by atoms with E-state index in [-0.39, 0.29) is 18.1 Å². The van der Waals surface area contributed by atoms with Crippen LogP contribution < -0.4 is 5.32 Å². The molecule has 0 aromatic heterocycles. The first-order chi connectivity index (χ1) is 13.7. The molecule has 1 N–H and O–H groups in total. The van der Waals surface area contributed by atoms with Crippen molar-refractivity contribution in [3.63, 3.8) is 0 Å². The molecule has 0 heterocycles. The third kappa shape index (κ3) is 27.5. The van der Waals surface area contributed by atoms with E-state index in [0.29, 0.717) is 66.0 Å². The van der Waals surface area contributed by atoms with Crippen LogP contribution in [0.15, 0.2) is 0 Å². The second-order valence-corrected chi connectivity index (χ2v) is 6.27. The Balaban J connectivity index is 0. The molecule has 28 heavy (non-hydrogen) atoms. The molecule has 0 spiro atoms. The summed E-state index contributed by atoms with van der Waals surface area (Å²) >= 11 is 1.76. The monoisotopic (exact) mass is 425 g/mol. The van der Waals surface area contributed by atoms with Gasteiger partial charge in [0.1, 0.15) is 5.78 Å². The molecule has 0 fully saturated rings. The van der Waals surface area contributed by atoms with Gasteiger partial charge in [0.2, 0.25) is 5.91 Å². The average molecular weight is 426 g/mol. The third-order valence-electron chi connectivity index (χ3n) is 2.90. The fourth-order valence-electron chi connectivity index (χ4n) is 1.68. The van der Waals surface area contributed by atoms with Gasteiger partial charge in [-0.2, -0.15) is 11.8 Å². The number of Topliss-reactive ketones (excluding diaryl/α,β-unsaturated/α-hetero) is 1. The molecule has 0 saturated heterocycles. The zero-order valence-corrected chi connectivity index (χ0v) is 18.8. The van der Waals surface area contributed by atoms with Crippen molar-refractivity contribution < 1.29 is 33.3 Å². The predicted octanol–water partition coefficient (Wildman–Crippen LogP) is 1.55. The predicted molar refractivity (Wildman–Crippen MR) is 112 cm³/mol. The largest absolute Gasteiger partial charge is 0.378 e. The van der Waals surface area contributed by atoms with Gasteiger partial charge in [0.15, 0.2) is 0 Å². The number of carbonyl (C=O) groups excluding carboxylic acids is 2. The second-order valence-electron chi connectivity index (χ2n) is 5.28. The Morgan fingerprint density at radius 1 is 0.714 bits per heavy atom. The Hall–Kier alpha value is -0.710. The average Bonchev–Trinajstić information content (AvgIpc) is 2.68. The molecule has 0 unspecified atom stereocenters. The van der Waals surface area contributed by atoms with Gasteiger partial charge in [0, 0.05) is 12.3 Å². The zero-order chi connectivity index (χ0) is 21.3. The van der Waals surface area contributed by atoms with Crippen molar-refractivity contribution in [3.8, 4) is 0 Å². The maximum Gasteiger partial charge on any atom is 0.227 e. The lowest BCUT2D eigenvalue weighted by Crippen LogP contribution is -2.28. The van der Waals surface area contributed by atoms with Gasteiger partial charge in [-0.15, -0.1) is 0 Å². The van der Waals surface area contributed by atoms with E-state index >= 15 is 0 Å². The molecule has 0 atom stereocenters. The van der Waals surface area contributed by atoms with Crippen molar-refractivity contribution in [2.75, 3.05) is 84.6 Å². The van der Waals surface area contributed by atoms with Gasteiger partial charge in [0.25, 0.3) is 0 Å². The molecule has 1 amide bonds. The van der Waals surface area contributed by atoms with Crippen LogP contribution in [0.25, 0.3) is 0 Å². The molecule has 0 aliphatic rings. The molecule has 0 radical (unpaired) electrons. The second kappa shape index (κ2) is 26.3. The molecule has 0 bridgehead atoms. The standard InChI is InChI=1S/C17H33NO7S.C2H6/c1-16(19)15-17(20)18-3-4-21-5-6-22-7-8-23-9-10-24-11-12-25-13-14-26-2;1-2/h3-15H2,1-2H3,(H,18,20);1-2H3. The normalized spacial score (nSPS) is 10.3. The van der Waals surface area contributed by atoms with Gasteiger partial charge in [0.05, 0.1) is 72.5 Å². The molecule has 8 nitrogen and oxygen atoms in total. The quantitative estimate of drug-likeness (QED) is 0.232. The van der Waals surface area contributed by atoms with Crippen molar-refractivity contribution in [2.24, 2.45) is 0 Å². The van der Waals surface area contributed by atoms with Crippen LogP contribution in [0.2, 0.25) is 0 Å². The lowest BCUT2D eigenvalue weighted by molar-refractivity contribution is -0.127. The van der Waals surface area contributed by atoms with Gasteiger partial charge in [-0.05, 0) is 13.2 Å². The van der Waals surface area contributed by atoms with Gasteiger partial charge in [-0.25, -0.2) is 0 Å². The first-order valence-electron chi connectivity index (χ1n) is 9.80. The fraction of sp³-hybridized carbons (Fsp3) is 0.895. The highest BCUT2D eigenvalue weighted by molar-refractivity contribution is 7.98. The SMILES string of the molecule is CC.CSCCOCCOCCOCCOCCOCCNC(=O)CC(C)=O. The minimum atomic E-state index is -0.276. The molecule has 168 valence electrons. The van der Waals surface area contributed by atoms with Crippen molar-refractivity contribution in [3.05, 3.63) is 0 Å². The van der Waals surface area contributed by atoms with Crippen LogP contribution in [0.3, 0.4) is 0 Å². The first-order valence-corrected chi connectivity index (χ1v) is 11.2. The summed E-state index contributed by atoms with van der Waals surface area (Å²) in [7, 11) is 0. The Labute approximate surface area is 174 Å². The smallest absolute Gasteiger partial charge is 0.227 e. The van der Waals surface area contributed by atoms with Crippen LogP contribution in [-0.4, -0.2) is 96.3 Å². The van der Waals surface area contributed by atoms with Gasteiger partial charge >= 0.3 is 0 Å². The van der Waals surface area contributed by atoms with E-state index in [9.17, 15) is 9.59 Å². The van der Waals surface area contributed by atoms with Crippen molar-refractivity contribution >= 4 is 23.5 Å². The summed E-state index contributed by atoms with van der Waals surface area (Å²) in [4.78, 5) is 21.9. The minimum Gasteiger partial charge on any atom is -0.378 e. The van der Waals surface area contributed by atoms with Crippen LogP contribution in [0.5, 0.6) is 0 Å². The summed E-state index contributed by atoms with van der Waals surface area (Å²) in [6.45, 7) is 11.1. The number of amides is 1. The summed E-state index contributed by atoms with van der Waals surface area (Å²) in [5.74, 6) is 0.578. The van der Waals surface area contributed by atoms with E-state index in [1.165, 1.54) is 6.92 Å². The molecule has 0 aromatic rings. The summed E-state index contributed by atoms with van der Waals surface area (Å²) < 4.78 is 26.7. The van der Waals surface area contributed by atoms with Crippen molar-refractivity contribution in [1.82, 2.24) is 5.32 Å². The lowest BCUT2D eigenvalue weighted by Gasteiger charge is -2.08. The van der Waals surface area contributed by atoms with E-state index < -0.39 is 0 Å². The maximum atomic E-state index is 11.2. The molecular formula is C19H39NO7S. The van der Waals surface area contributed by atoms with Crippen LogP contribution in [0.4, 0.5) is 0 Å². The molecule has 0 aliphatic carbocycles. The number of ether oxygens (including phenoxy) is 5. The molecule has 0 saturated carbocycles. The number of nitrogens with one attached hydrogen (secondary N) is 1. The lowest BCUT2D eigenvalue weighted by atomic mass is 10.3.